The number of hydrogen-bond acceptors (Lipinski definition) is 3. The number of rotatable bonds is 4. The van der Waals surface area contributed by atoms with Crippen molar-refractivity contribution in [1.82, 2.24) is 0 Å². The van der Waals surface area contributed by atoms with Gasteiger partial charge in [0, 0.05) is 10.9 Å². The van der Waals surface area contributed by atoms with E-state index < -0.39 is 11.0 Å². The molecule has 4 heteroatoms. The number of nitriles is 1. The van der Waals surface area contributed by atoms with Crippen LogP contribution in [0.3, 0.4) is 0 Å². The summed E-state index contributed by atoms with van der Waals surface area (Å²) in [6.45, 7) is 7.36. The van der Waals surface area contributed by atoms with Gasteiger partial charge in [0.25, 0.3) is 0 Å². The normalized spacial score (nSPS) is 14.2. The number of hydrogen-bond donors (Lipinski definition) is 0. The van der Waals surface area contributed by atoms with Gasteiger partial charge in [0.05, 0.1) is 11.5 Å². The fourth-order valence-corrected chi connectivity index (χ4v) is 2.09. The molecule has 0 bridgehead atoms. The van der Waals surface area contributed by atoms with Gasteiger partial charge in [-0.15, -0.1) is 0 Å². The highest BCUT2D eigenvalue weighted by atomic mass is 79.9. The van der Waals surface area contributed by atoms with Crippen LogP contribution in [0.1, 0.15) is 46.1 Å². The Morgan fingerprint density at radius 2 is 1.80 bits per heavy atom. The predicted molar refractivity (Wildman–Crippen MR) is 82.2 cm³/mol. The molecule has 0 spiro atoms. The maximum absolute atomic E-state index is 11.8. The fourth-order valence-electron chi connectivity index (χ4n) is 1.83. The van der Waals surface area contributed by atoms with Crippen LogP contribution < -0.4 is 0 Å². The lowest BCUT2D eigenvalue weighted by Gasteiger charge is -2.24. The summed E-state index contributed by atoms with van der Waals surface area (Å²) in [5.74, 6) is -0.268. The molecule has 0 aliphatic rings. The van der Waals surface area contributed by atoms with Crippen molar-refractivity contribution in [2.75, 3.05) is 0 Å². The first-order chi connectivity index (χ1) is 9.16. The molecule has 0 aliphatic heterocycles. The van der Waals surface area contributed by atoms with Crippen LogP contribution in [0.25, 0.3) is 0 Å². The molecular formula is C16H20BrNO2. The van der Waals surface area contributed by atoms with Gasteiger partial charge in [0.2, 0.25) is 0 Å². The van der Waals surface area contributed by atoms with E-state index in [0.29, 0.717) is 6.42 Å². The highest BCUT2D eigenvalue weighted by Gasteiger charge is 2.28. The molecule has 0 aliphatic carbocycles. The second-order valence-electron chi connectivity index (χ2n) is 6.04. The lowest BCUT2D eigenvalue weighted by Crippen LogP contribution is -2.26. The Labute approximate surface area is 129 Å². The minimum absolute atomic E-state index is 0.234. The van der Waals surface area contributed by atoms with Gasteiger partial charge in [0.15, 0.2) is 0 Å². The second kappa shape index (κ2) is 6.41. The number of carbonyl (C=O) groups excluding carboxylic acids is 1. The molecule has 0 aromatic heterocycles. The number of esters is 1. The zero-order valence-corrected chi connectivity index (χ0v) is 14.0. The van der Waals surface area contributed by atoms with Gasteiger partial charge in [0.1, 0.15) is 5.60 Å². The molecule has 0 amide bonds. The summed E-state index contributed by atoms with van der Waals surface area (Å²) in [6, 6.07) is 9.92. The summed E-state index contributed by atoms with van der Waals surface area (Å²) < 4.78 is 6.24. The Kier molecular flexibility index (Phi) is 5.35. The van der Waals surface area contributed by atoms with Gasteiger partial charge in [-0.1, -0.05) is 28.1 Å². The SMILES string of the molecule is CC(C)(C)OC(=O)CCC(C)(C#N)c1ccc(Br)cc1. The van der Waals surface area contributed by atoms with Crippen molar-refractivity contribution < 1.29 is 9.53 Å². The Bertz CT molecular complexity index is 511. The highest BCUT2D eigenvalue weighted by Crippen LogP contribution is 2.29. The van der Waals surface area contributed by atoms with E-state index in [1.165, 1.54) is 0 Å². The van der Waals surface area contributed by atoms with Crippen LogP contribution in [0.4, 0.5) is 0 Å². The lowest BCUT2D eigenvalue weighted by molar-refractivity contribution is -0.155. The van der Waals surface area contributed by atoms with Crippen LogP contribution in [0.2, 0.25) is 0 Å². The minimum Gasteiger partial charge on any atom is -0.460 e. The summed E-state index contributed by atoms with van der Waals surface area (Å²) in [6.07, 6.45) is 0.678. The van der Waals surface area contributed by atoms with E-state index in [0.717, 1.165) is 10.0 Å². The average molecular weight is 338 g/mol. The molecule has 1 unspecified atom stereocenters. The second-order valence-corrected chi connectivity index (χ2v) is 6.95. The molecule has 20 heavy (non-hydrogen) atoms. The Hall–Kier alpha value is -1.34. The van der Waals surface area contributed by atoms with E-state index in [1.807, 2.05) is 52.0 Å². The smallest absolute Gasteiger partial charge is 0.306 e. The zero-order chi connectivity index (χ0) is 15.4. The quantitative estimate of drug-likeness (QED) is 0.767. The first-order valence-electron chi connectivity index (χ1n) is 6.55. The monoisotopic (exact) mass is 337 g/mol. The Balaban J connectivity index is 2.74. The van der Waals surface area contributed by atoms with Crippen LogP contribution in [-0.2, 0) is 14.9 Å². The topological polar surface area (TPSA) is 50.1 Å². The third-order valence-electron chi connectivity index (χ3n) is 2.98. The van der Waals surface area contributed by atoms with Crippen molar-refractivity contribution in [3.05, 3.63) is 34.3 Å². The minimum atomic E-state index is -0.683. The van der Waals surface area contributed by atoms with Crippen molar-refractivity contribution in [1.29, 1.82) is 5.26 Å². The lowest BCUT2D eigenvalue weighted by atomic mass is 9.80. The summed E-state index contributed by atoms with van der Waals surface area (Å²) >= 11 is 3.37. The van der Waals surface area contributed by atoms with Crippen LogP contribution in [0.5, 0.6) is 0 Å². The molecule has 0 saturated heterocycles. The average Bonchev–Trinajstić information content (AvgIpc) is 2.35. The molecule has 108 valence electrons. The highest BCUT2D eigenvalue weighted by molar-refractivity contribution is 9.10. The number of carbonyl (C=O) groups is 1. The molecule has 0 saturated carbocycles. The molecule has 0 fully saturated rings. The van der Waals surface area contributed by atoms with Gasteiger partial charge < -0.3 is 4.74 Å². The molecule has 3 nitrogen and oxygen atoms in total. The molecule has 0 heterocycles. The number of halogens is 1. The number of nitrogens with zero attached hydrogens (tertiary/aromatic N) is 1. The van der Waals surface area contributed by atoms with E-state index in [-0.39, 0.29) is 12.4 Å². The summed E-state index contributed by atoms with van der Waals surface area (Å²) in [5, 5.41) is 9.44. The first kappa shape index (κ1) is 16.7. The Morgan fingerprint density at radius 3 is 2.25 bits per heavy atom. The van der Waals surface area contributed by atoms with Crippen LogP contribution in [-0.4, -0.2) is 11.6 Å². The van der Waals surface area contributed by atoms with Crippen molar-refractivity contribution in [2.45, 2.75) is 51.6 Å². The summed E-state index contributed by atoms with van der Waals surface area (Å²) in [4.78, 5) is 11.8. The van der Waals surface area contributed by atoms with Gasteiger partial charge in [-0.3, -0.25) is 4.79 Å². The van der Waals surface area contributed by atoms with Crippen molar-refractivity contribution in [3.8, 4) is 6.07 Å². The molecular weight excluding hydrogens is 318 g/mol. The fraction of sp³-hybridized carbons (Fsp3) is 0.500. The molecule has 1 rings (SSSR count). The van der Waals surface area contributed by atoms with Crippen molar-refractivity contribution in [2.24, 2.45) is 0 Å². The van der Waals surface area contributed by atoms with E-state index in [4.69, 9.17) is 4.74 Å². The van der Waals surface area contributed by atoms with Gasteiger partial charge in [-0.2, -0.15) is 5.26 Å². The van der Waals surface area contributed by atoms with E-state index in [2.05, 4.69) is 22.0 Å². The largest absolute Gasteiger partial charge is 0.460 e. The summed E-state index contributed by atoms with van der Waals surface area (Å²) in [7, 11) is 0. The van der Waals surface area contributed by atoms with Crippen LogP contribution in [0, 0.1) is 11.3 Å². The van der Waals surface area contributed by atoms with E-state index >= 15 is 0 Å². The first-order valence-corrected chi connectivity index (χ1v) is 7.35. The maximum Gasteiger partial charge on any atom is 0.306 e. The molecule has 0 radical (unpaired) electrons. The van der Waals surface area contributed by atoms with Gasteiger partial charge in [-0.25, -0.2) is 0 Å². The van der Waals surface area contributed by atoms with Crippen LogP contribution >= 0.6 is 15.9 Å². The maximum atomic E-state index is 11.8. The number of ether oxygens (including phenoxy) is 1. The molecule has 1 aromatic rings. The van der Waals surface area contributed by atoms with E-state index in [9.17, 15) is 10.1 Å². The standard InChI is InChI=1S/C16H20BrNO2/c1-15(2,3)20-14(19)9-10-16(4,11-18)12-5-7-13(17)8-6-12/h5-8H,9-10H2,1-4H3. The number of benzene rings is 1. The molecule has 1 atom stereocenters. The zero-order valence-electron chi connectivity index (χ0n) is 12.4. The molecule has 1 aromatic carbocycles. The third-order valence-corrected chi connectivity index (χ3v) is 3.51. The van der Waals surface area contributed by atoms with Gasteiger partial charge >= 0.3 is 5.97 Å². The van der Waals surface area contributed by atoms with Crippen LogP contribution in [0.15, 0.2) is 28.7 Å². The van der Waals surface area contributed by atoms with Gasteiger partial charge in [-0.05, 0) is 51.8 Å². The third kappa shape index (κ3) is 4.97. The Morgan fingerprint density at radius 1 is 1.25 bits per heavy atom. The van der Waals surface area contributed by atoms with E-state index in [1.54, 1.807) is 0 Å². The predicted octanol–water partition coefficient (Wildman–Crippen LogP) is 4.35. The van der Waals surface area contributed by atoms with Crippen molar-refractivity contribution in [3.63, 3.8) is 0 Å². The molecule has 0 N–H and O–H groups in total. The summed E-state index contributed by atoms with van der Waals surface area (Å²) in [5.41, 5.74) is -0.262. The van der Waals surface area contributed by atoms with Crippen molar-refractivity contribution >= 4 is 21.9 Å².